The molecule has 8 heteroatoms. The molecule has 0 aliphatic carbocycles. The van der Waals surface area contributed by atoms with Crippen LogP contribution in [0.3, 0.4) is 0 Å². The standard InChI is InChI=1S/C17H11NO5S2/c19-12-6-1-9(7-13(12)20)8-14-15(21)18(17(24)25-14)11-4-2-10(3-5-11)16(22)23/h1-8,19-20H,(H,22,23). The van der Waals surface area contributed by atoms with E-state index in [1.807, 2.05) is 0 Å². The van der Waals surface area contributed by atoms with E-state index in [1.54, 1.807) is 12.1 Å². The number of aromatic hydroxyl groups is 2. The van der Waals surface area contributed by atoms with E-state index in [0.717, 1.165) is 11.8 Å². The quantitative estimate of drug-likeness (QED) is 0.432. The van der Waals surface area contributed by atoms with Gasteiger partial charge in [-0.1, -0.05) is 30.0 Å². The number of carbonyl (C=O) groups excluding carboxylic acids is 1. The van der Waals surface area contributed by atoms with Crippen molar-refractivity contribution in [3.05, 3.63) is 58.5 Å². The van der Waals surface area contributed by atoms with Gasteiger partial charge in [-0.25, -0.2) is 4.79 Å². The van der Waals surface area contributed by atoms with Gasteiger partial charge >= 0.3 is 5.97 Å². The van der Waals surface area contributed by atoms with Gasteiger partial charge in [0, 0.05) is 0 Å². The van der Waals surface area contributed by atoms with E-state index in [1.165, 1.54) is 41.3 Å². The Bertz CT molecular complexity index is 921. The van der Waals surface area contributed by atoms with E-state index in [9.17, 15) is 19.8 Å². The van der Waals surface area contributed by atoms with Crippen molar-refractivity contribution >= 4 is 51.9 Å². The number of hydrogen-bond donors (Lipinski definition) is 3. The van der Waals surface area contributed by atoms with E-state index in [2.05, 4.69) is 0 Å². The number of aromatic carboxylic acids is 1. The van der Waals surface area contributed by atoms with E-state index in [-0.39, 0.29) is 23.0 Å². The Kier molecular flexibility index (Phi) is 4.47. The monoisotopic (exact) mass is 373 g/mol. The molecule has 0 aromatic heterocycles. The first-order valence-corrected chi connectivity index (χ1v) is 8.22. The number of thioether (sulfide) groups is 1. The molecule has 3 N–H and O–H groups in total. The summed E-state index contributed by atoms with van der Waals surface area (Å²) in [5.74, 6) is -1.92. The highest BCUT2D eigenvalue weighted by molar-refractivity contribution is 8.27. The Morgan fingerprint density at radius 3 is 2.36 bits per heavy atom. The smallest absolute Gasteiger partial charge is 0.335 e. The summed E-state index contributed by atoms with van der Waals surface area (Å²) in [5, 5.41) is 27.8. The fraction of sp³-hybridized carbons (Fsp3) is 0. The molecule has 0 bridgehead atoms. The summed E-state index contributed by atoms with van der Waals surface area (Å²) in [4.78, 5) is 25.2. The zero-order valence-electron chi connectivity index (χ0n) is 12.5. The summed E-state index contributed by atoms with van der Waals surface area (Å²) in [6, 6.07) is 10.1. The molecule has 126 valence electrons. The van der Waals surface area contributed by atoms with Crippen LogP contribution < -0.4 is 4.90 Å². The van der Waals surface area contributed by atoms with E-state index in [4.69, 9.17) is 17.3 Å². The minimum Gasteiger partial charge on any atom is -0.504 e. The normalized spacial score (nSPS) is 15.8. The van der Waals surface area contributed by atoms with Crippen molar-refractivity contribution in [2.24, 2.45) is 0 Å². The fourth-order valence-corrected chi connectivity index (χ4v) is 3.52. The predicted octanol–water partition coefficient (Wildman–Crippen LogP) is 3.20. The minimum absolute atomic E-state index is 0.115. The van der Waals surface area contributed by atoms with Gasteiger partial charge in [0.2, 0.25) is 0 Å². The lowest BCUT2D eigenvalue weighted by Gasteiger charge is -2.14. The molecular weight excluding hydrogens is 362 g/mol. The van der Waals surface area contributed by atoms with Crippen molar-refractivity contribution in [1.29, 1.82) is 0 Å². The van der Waals surface area contributed by atoms with Crippen molar-refractivity contribution in [3.8, 4) is 11.5 Å². The number of rotatable bonds is 3. The number of carboxylic acids is 1. The first kappa shape index (κ1) is 17.0. The number of benzene rings is 2. The third-order valence-corrected chi connectivity index (χ3v) is 4.77. The molecule has 1 aliphatic heterocycles. The summed E-state index contributed by atoms with van der Waals surface area (Å²) >= 11 is 6.35. The molecule has 1 saturated heterocycles. The zero-order valence-corrected chi connectivity index (χ0v) is 14.2. The van der Waals surface area contributed by atoms with Gasteiger partial charge in [-0.3, -0.25) is 9.69 Å². The Balaban J connectivity index is 1.90. The van der Waals surface area contributed by atoms with Crippen molar-refractivity contribution in [1.82, 2.24) is 0 Å². The van der Waals surface area contributed by atoms with Crippen LogP contribution >= 0.6 is 24.0 Å². The van der Waals surface area contributed by atoms with Crippen molar-refractivity contribution in [3.63, 3.8) is 0 Å². The number of thiocarbonyl (C=S) groups is 1. The minimum atomic E-state index is -1.05. The molecule has 2 aromatic carbocycles. The third kappa shape index (κ3) is 3.35. The highest BCUT2D eigenvalue weighted by Gasteiger charge is 2.33. The first-order valence-electron chi connectivity index (χ1n) is 7.00. The molecule has 1 heterocycles. The Morgan fingerprint density at radius 2 is 1.76 bits per heavy atom. The molecule has 25 heavy (non-hydrogen) atoms. The van der Waals surface area contributed by atoms with Crippen LogP contribution in [0.2, 0.25) is 0 Å². The lowest BCUT2D eigenvalue weighted by molar-refractivity contribution is -0.113. The third-order valence-electron chi connectivity index (χ3n) is 3.46. The number of nitrogens with zero attached hydrogens (tertiary/aromatic N) is 1. The molecule has 6 nitrogen and oxygen atoms in total. The zero-order chi connectivity index (χ0) is 18.1. The second kappa shape index (κ2) is 6.58. The number of carboxylic acid groups (broad SMARTS) is 1. The number of anilines is 1. The van der Waals surface area contributed by atoms with E-state index in [0.29, 0.717) is 20.5 Å². The van der Waals surface area contributed by atoms with Gasteiger partial charge in [-0.2, -0.15) is 0 Å². The van der Waals surface area contributed by atoms with Gasteiger partial charge in [0.1, 0.15) is 0 Å². The van der Waals surface area contributed by atoms with Crippen LogP contribution in [0.5, 0.6) is 11.5 Å². The summed E-state index contributed by atoms with van der Waals surface area (Å²) in [6.07, 6.45) is 1.56. The molecule has 1 fully saturated rings. The van der Waals surface area contributed by atoms with Crippen LogP contribution in [-0.4, -0.2) is 31.5 Å². The number of hydrogen-bond acceptors (Lipinski definition) is 6. The van der Waals surface area contributed by atoms with Crippen molar-refractivity contribution in [2.45, 2.75) is 0 Å². The van der Waals surface area contributed by atoms with Gasteiger partial charge in [0.05, 0.1) is 16.2 Å². The van der Waals surface area contributed by atoms with Crippen LogP contribution in [-0.2, 0) is 4.79 Å². The van der Waals surface area contributed by atoms with Gasteiger partial charge < -0.3 is 15.3 Å². The first-order chi connectivity index (χ1) is 11.9. The van der Waals surface area contributed by atoms with Crippen LogP contribution in [0.1, 0.15) is 15.9 Å². The maximum atomic E-state index is 12.6. The van der Waals surface area contributed by atoms with E-state index >= 15 is 0 Å². The van der Waals surface area contributed by atoms with Gasteiger partial charge in [0.25, 0.3) is 5.91 Å². The summed E-state index contributed by atoms with van der Waals surface area (Å²) < 4.78 is 0.322. The Morgan fingerprint density at radius 1 is 1.08 bits per heavy atom. The molecule has 0 spiro atoms. The highest BCUT2D eigenvalue weighted by Crippen LogP contribution is 2.36. The van der Waals surface area contributed by atoms with Gasteiger partial charge in [-0.05, 0) is 48.0 Å². The van der Waals surface area contributed by atoms with Crippen molar-refractivity contribution < 1.29 is 24.9 Å². The maximum Gasteiger partial charge on any atom is 0.335 e. The summed E-state index contributed by atoms with van der Waals surface area (Å²) in [5.41, 5.74) is 1.13. The largest absolute Gasteiger partial charge is 0.504 e. The SMILES string of the molecule is O=C(O)c1ccc(N2C(=O)C(=Cc3ccc(O)c(O)c3)SC2=S)cc1. The average Bonchev–Trinajstić information content (AvgIpc) is 2.85. The fourth-order valence-electron chi connectivity index (χ4n) is 2.23. The lowest BCUT2D eigenvalue weighted by atomic mass is 10.1. The number of carbonyl (C=O) groups is 2. The topological polar surface area (TPSA) is 98.1 Å². The second-order valence-electron chi connectivity index (χ2n) is 5.12. The summed E-state index contributed by atoms with van der Waals surface area (Å²) in [7, 11) is 0. The molecule has 2 aromatic rings. The van der Waals surface area contributed by atoms with Crippen LogP contribution in [0.4, 0.5) is 5.69 Å². The van der Waals surface area contributed by atoms with E-state index < -0.39 is 5.97 Å². The maximum absolute atomic E-state index is 12.6. The van der Waals surface area contributed by atoms with Crippen LogP contribution in [0, 0.1) is 0 Å². The number of amides is 1. The van der Waals surface area contributed by atoms with Crippen LogP contribution in [0.15, 0.2) is 47.4 Å². The molecule has 1 aliphatic rings. The van der Waals surface area contributed by atoms with Gasteiger partial charge in [-0.15, -0.1) is 0 Å². The molecule has 0 unspecified atom stereocenters. The van der Waals surface area contributed by atoms with Gasteiger partial charge in [0.15, 0.2) is 15.8 Å². The molecular formula is C17H11NO5S2. The van der Waals surface area contributed by atoms with Crippen LogP contribution in [0.25, 0.3) is 6.08 Å². The molecule has 0 saturated carbocycles. The number of phenols is 2. The molecule has 0 radical (unpaired) electrons. The second-order valence-corrected chi connectivity index (χ2v) is 6.79. The molecule has 3 rings (SSSR count). The predicted molar refractivity (Wildman–Crippen MR) is 98.8 cm³/mol. The average molecular weight is 373 g/mol. The van der Waals surface area contributed by atoms with Crippen molar-refractivity contribution in [2.75, 3.05) is 4.90 Å². The Hall–Kier alpha value is -2.84. The lowest BCUT2D eigenvalue weighted by Crippen LogP contribution is -2.27. The highest BCUT2D eigenvalue weighted by atomic mass is 32.2. The summed E-state index contributed by atoms with van der Waals surface area (Å²) in [6.45, 7) is 0. The molecule has 1 amide bonds. The number of phenolic OH excluding ortho intramolecular Hbond substituents is 2. The Labute approximate surface area is 152 Å². The molecule has 0 atom stereocenters.